The molecular formula is C17H25FN2. The molecule has 2 aliphatic rings. The van der Waals surface area contributed by atoms with Gasteiger partial charge in [-0.05, 0) is 56.7 Å². The summed E-state index contributed by atoms with van der Waals surface area (Å²) in [6.07, 6.45) is 4.00. The molecule has 0 spiro atoms. The summed E-state index contributed by atoms with van der Waals surface area (Å²) in [5, 5.41) is 3.65. The molecule has 0 radical (unpaired) electrons. The van der Waals surface area contributed by atoms with Crippen LogP contribution < -0.4 is 5.32 Å². The zero-order valence-corrected chi connectivity index (χ0v) is 12.7. The van der Waals surface area contributed by atoms with Gasteiger partial charge in [0.2, 0.25) is 0 Å². The second kappa shape index (κ2) is 5.45. The third-order valence-corrected chi connectivity index (χ3v) is 4.73. The van der Waals surface area contributed by atoms with E-state index in [1.165, 1.54) is 31.4 Å². The standard InChI is InChI=1S/C17H25FN2/c1-11-6-14(7-12(2)17(11)18)9-19-15-8-13(3)20(10-15)16-4-5-16/h6-7,13,15-16,19H,4-5,8-10H2,1-3H3. The summed E-state index contributed by atoms with van der Waals surface area (Å²) in [5.41, 5.74) is 2.70. The van der Waals surface area contributed by atoms with Gasteiger partial charge in [-0.25, -0.2) is 4.39 Å². The van der Waals surface area contributed by atoms with E-state index in [1.54, 1.807) is 0 Å². The van der Waals surface area contributed by atoms with Gasteiger partial charge in [0.15, 0.2) is 0 Å². The van der Waals surface area contributed by atoms with Crippen LogP contribution in [0.25, 0.3) is 0 Å². The molecule has 1 N–H and O–H groups in total. The molecule has 2 fully saturated rings. The van der Waals surface area contributed by atoms with Crippen molar-refractivity contribution in [3.05, 3.63) is 34.6 Å². The van der Waals surface area contributed by atoms with Crippen molar-refractivity contribution >= 4 is 0 Å². The molecule has 1 aliphatic carbocycles. The van der Waals surface area contributed by atoms with Crippen molar-refractivity contribution in [2.24, 2.45) is 0 Å². The van der Waals surface area contributed by atoms with Gasteiger partial charge >= 0.3 is 0 Å². The largest absolute Gasteiger partial charge is 0.309 e. The van der Waals surface area contributed by atoms with E-state index in [1.807, 2.05) is 26.0 Å². The average molecular weight is 276 g/mol. The third-order valence-electron chi connectivity index (χ3n) is 4.73. The van der Waals surface area contributed by atoms with Crippen LogP contribution in [0.5, 0.6) is 0 Å². The summed E-state index contributed by atoms with van der Waals surface area (Å²) >= 11 is 0. The molecule has 3 rings (SSSR count). The number of nitrogens with one attached hydrogen (secondary N) is 1. The summed E-state index contributed by atoms with van der Waals surface area (Å²) in [5.74, 6) is -0.0665. The maximum absolute atomic E-state index is 13.6. The van der Waals surface area contributed by atoms with Crippen molar-refractivity contribution in [3.63, 3.8) is 0 Å². The Morgan fingerprint density at radius 2 is 1.90 bits per heavy atom. The minimum atomic E-state index is -0.0665. The van der Waals surface area contributed by atoms with Gasteiger partial charge in [-0.1, -0.05) is 12.1 Å². The van der Waals surface area contributed by atoms with Gasteiger partial charge in [-0.2, -0.15) is 0 Å². The minimum absolute atomic E-state index is 0.0665. The van der Waals surface area contributed by atoms with Gasteiger partial charge in [0.1, 0.15) is 5.82 Å². The fourth-order valence-corrected chi connectivity index (χ4v) is 3.52. The summed E-state index contributed by atoms with van der Waals surface area (Å²) in [4.78, 5) is 2.65. The number of benzene rings is 1. The summed E-state index contributed by atoms with van der Waals surface area (Å²) in [7, 11) is 0. The topological polar surface area (TPSA) is 15.3 Å². The highest BCUT2D eigenvalue weighted by Gasteiger charge is 2.38. The lowest BCUT2D eigenvalue weighted by Crippen LogP contribution is -2.33. The molecular weight excluding hydrogens is 251 g/mol. The van der Waals surface area contributed by atoms with Gasteiger partial charge in [-0.15, -0.1) is 0 Å². The molecule has 1 heterocycles. The Labute approximate surface area is 121 Å². The maximum Gasteiger partial charge on any atom is 0.129 e. The van der Waals surface area contributed by atoms with Gasteiger partial charge in [0, 0.05) is 31.2 Å². The summed E-state index contributed by atoms with van der Waals surface area (Å²) in [6, 6.07) is 6.07. The first-order valence-corrected chi connectivity index (χ1v) is 7.79. The molecule has 0 aromatic heterocycles. The number of halogens is 1. The molecule has 20 heavy (non-hydrogen) atoms. The molecule has 2 atom stereocenters. The Hall–Kier alpha value is -0.930. The Morgan fingerprint density at radius 1 is 1.25 bits per heavy atom. The Balaban J connectivity index is 1.57. The zero-order valence-electron chi connectivity index (χ0n) is 12.7. The first kappa shape index (κ1) is 14.0. The van der Waals surface area contributed by atoms with Crippen LogP contribution in [-0.2, 0) is 6.54 Å². The van der Waals surface area contributed by atoms with E-state index in [2.05, 4.69) is 17.1 Å². The lowest BCUT2D eigenvalue weighted by Gasteiger charge is -2.19. The number of rotatable bonds is 4. The Bertz CT molecular complexity index is 473. The lowest BCUT2D eigenvalue weighted by atomic mass is 10.1. The average Bonchev–Trinajstić information content (AvgIpc) is 3.17. The van der Waals surface area contributed by atoms with Crippen LogP contribution in [0.4, 0.5) is 4.39 Å². The van der Waals surface area contributed by atoms with E-state index in [0.717, 1.165) is 23.7 Å². The zero-order chi connectivity index (χ0) is 14.3. The van der Waals surface area contributed by atoms with Crippen LogP contribution in [0.2, 0.25) is 0 Å². The second-order valence-corrected chi connectivity index (χ2v) is 6.63. The monoisotopic (exact) mass is 276 g/mol. The van der Waals surface area contributed by atoms with Crippen molar-refractivity contribution in [3.8, 4) is 0 Å². The predicted octanol–water partition coefficient (Wildman–Crippen LogP) is 3.16. The van der Waals surface area contributed by atoms with Crippen molar-refractivity contribution in [2.75, 3.05) is 6.54 Å². The molecule has 0 bridgehead atoms. The van der Waals surface area contributed by atoms with Crippen molar-refractivity contribution < 1.29 is 4.39 Å². The summed E-state index contributed by atoms with van der Waals surface area (Å²) in [6.45, 7) is 8.05. The van der Waals surface area contributed by atoms with Crippen LogP contribution in [-0.4, -0.2) is 29.6 Å². The highest BCUT2D eigenvalue weighted by molar-refractivity contribution is 5.30. The molecule has 110 valence electrons. The van der Waals surface area contributed by atoms with E-state index in [9.17, 15) is 4.39 Å². The SMILES string of the molecule is Cc1cc(CNC2CC(C)N(C3CC3)C2)cc(C)c1F. The van der Waals surface area contributed by atoms with Crippen LogP contribution in [0, 0.1) is 19.7 Å². The maximum atomic E-state index is 13.6. The normalized spacial score (nSPS) is 27.2. The number of likely N-dealkylation sites (tertiary alicyclic amines) is 1. The molecule has 2 nitrogen and oxygen atoms in total. The lowest BCUT2D eigenvalue weighted by molar-refractivity contribution is 0.255. The van der Waals surface area contributed by atoms with E-state index >= 15 is 0 Å². The fraction of sp³-hybridized carbons (Fsp3) is 0.647. The van der Waals surface area contributed by atoms with Gasteiger partial charge in [0.05, 0.1) is 0 Å². The van der Waals surface area contributed by atoms with Crippen LogP contribution in [0.3, 0.4) is 0 Å². The van der Waals surface area contributed by atoms with E-state index in [4.69, 9.17) is 0 Å². The highest BCUT2D eigenvalue weighted by Crippen LogP contribution is 2.33. The van der Waals surface area contributed by atoms with E-state index in [0.29, 0.717) is 12.1 Å². The fourth-order valence-electron chi connectivity index (χ4n) is 3.52. The smallest absolute Gasteiger partial charge is 0.129 e. The number of aryl methyl sites for hydroxylation is 2. The molecule has 1 aliphatic heterocycles. The molecule has 1 aromatic carbocycles. The molecule has 1 saturated heterocycles. The number of nitrogens with zero attached hydrogens (tertiary/aromatic N) is 1. The molecule has 3 heteroatoms. The number of hydrogen-bond acceptors (Lipinski definition) is 2. The summed E-state index contributed by atoms with van der Waals surface area (Å²) < 4.78 is 13.6. The highest BCUT2D eigenvalue weighted by atomic mass is 19.1. The Kier molecular flexibility index (Phi) is 3.83. The van der Waals surface area contributed by atoms with Gasteiger partial charge in [0.25, 0.3) is 0 Å². The van der Waals surface area contributed by atoms with Crippen molar-refractivity contribution in [1.82, 2.24) is 10.2 Å². The van der Waals surface area contributed by atoms with Crippen LogP contribution in [0.15, 0.2) is 12.1 Å². The quantitative estimate of drug-likeness (QED) is 0.909. The van der Waals surface area contributed by atoms with Gasteiger partial charge in [-0.3, -0.25) is 4.90 Å². The number of hydrogen-bond donors (Lipinski definition) is 1. The molecule has 2 unspecified atom stereocenters. The van der Waals surface area contributed by atoms with E-state index < -0.39 is 0 Å². The first-order chi connectivity index (χ1) is 9.54. The molecule has 1 aromatic rings. The van der Waals surface area contributed by atoms with Crippen LogP contribution in [0.1, 0.15) is 42.9 Å². The predicted molar refractivity (Wildman–Crippen MR) is 80.3 cm³/mol. The first-order valence-electron chi connectivity index (χ1n) is 7.79. The van der Waals surface area contributed by atoms with Crippen molar-refractivity contribution in [1.29, 1.82) is 0 Å². The van der Waals surface area contributed by atoms with Crippen LogP contribution >= 0.6 is 0 Å². The van der Waals surface area contributed by atoms with Crippen molar-refractivity contribution in [2.45, 2.75) is 64.7 Å². The third kappa shape index (κ3) is 2.89. The minimum Gasteiger partial charge on any atom is -0.309 e. The van der Waals surface area contributed by atoms with Gasteiger partial charge < -0.3 is 5.32 Å². The molecule has 1 saturated carbocycles. The van der Waals surface area contributed by atoms with E-state index in [-0.39, 0.29) is 5.82 Å². The Morgan fingerprint density at radius 3 is 2.50 bits per heavy atom. The molecule has 0 amide bonds. The second-order valence-electron chi connectivity index (χ2n) is 6.63.